The molecule has 0 bridgehead atoms. The van der Waals surface area contributed by atoms with Gasteiger partial charge in [-0.3, -0.25) is 4.79 Å². The summed E-state index contributed by atoms with van der Waals surface area (Å²) in [6.07, 6.45) is -3.37. The van der Waals surface area contributed by atoms with Crippen LogP contribution in [0.3, 0.4) is 0 Å². The number of hydrogen-bond donors (Lipinski definition) is 1. The number of hydrogen-bond acceptors (Lipinski definition) is 5. The molecular weight excluding hydrogens is 363 g/mol. The van der Waals surface area contributed by atoms with Gasteiger partial charge in [0.1, 0.15) is 0 Å². The third-order valence-corrected chi connectivity index (χ3v) is 4.14. The van der Waals surface area contributed by atoms with Crippen LogP contribution in [0.4, 0.5) is 24.5 Å². The van der Waals surface area contributed by atoms with E-state index in [1.807, 2.05) is 4.90 Å². The summed E-state index contributed by atoms with van der Waals surface area (Å²) in [5, 5.41) is 2.32. The molecule has 0 atom stereocenters. The molecule has 1 aliphatic rings. The first kappa shape index (κ1) is 19.0. The van der Waals surface area contributed by atoms with Gasteiger partial charge in [0.15, 0.2) is 0 Å². The fourth-order valence-electron chi connectivity index (χ4n) is 2.72. The molecule has 0 spiro atoms. The molecule has 3 rings (SSSR count). The molecule has 2 aromatic rings. The molecule has 6 nitrogen and oxygen atoms in total. The molecule has 1 fully saturated rings. The lowest BCUT2D eigenvalue weighted by Gasteiger charge is -2.29. The van der Waals surface area contributed by atoms with E-state index in [-0.39, 0.29) is 11.3 Å². The number of carbonyl (C=O) groups excluding carboxylic acids is 1. The Hall–Kier alpha value is -2.81. The Morgan fingerprint density at radius 3 is 2.56 bits per heavy atom. The first-order chi connectivity index (χ1) is 12.9. The van der Waals surface area contributed by atoms with Crippen LogP contribution in [0.5, 0.6) is 5.88 Å². The fraction of sp³-hybridized carbons (Fsp3) is 0.333. The molecule has 1 saturated heterocycles. The Bertz CT molecular complexity index is 804. The number of nitrogens with zero attached hydrogens (tertiary/aromatic N) is 2. The first-order valence-electron chi connectivity index (χ1n) is 8.24. The van der Waals surface area contributed by atoms with Crippen LogP contribution in [-0.2, 0) is 10.9 Å². The predicted molar refractivity (Wildman–Crippen MR) is 93.2 cm³/mol. The van der Waals surface area contributed by atoms with Gasteiger partial charge in [-0.05, 0) is 24.3 Å². The predicted octanol–water partition coefficient (Wildman–Crippen LogP) is 3.20. The van der Waals surface area contributed by atoms with Gasteiger partial charge in [-0.25, -0.2) is 4.98 Å². The zero-order valence-electron chi connectivity index (χ0n) is 14.5. The maximum Gasteiger partial charge on any atom is 0.418 e. The number of pyridine rings is 1. The quantitative estimate of drug-likeness (QED) is 0.881. The highest BCUT2D eigenvalue weighted by Gasteiger charge is 2.35. The smallest absolute Gasteiger partial charge is 0.418 e. The topological polar surface area (TPSA) is 63.7 Å². The summed E-state index contributed by atoms with van der Waals surface area (Å²) < 4.78 is 50.7. The molecule has 0 radical (unpaired) electrons. The number of benzene rings is 1. The lowest BCUT2D eigenvalue weighted by Crippen LogP contribution is -2.36. The summed E-state index contributed by atoms with van der Waals surface area (Å²) in [6, 6.07) is 6.76. The van der Waals surface area contributed by atoms with Gasteiger partial charge < -0.3 is 19.7 Å². The van der Waals surface area contributed by atoms with E-state index >= 15 is 0 Å². The van der Waals surface area contributed by atoms with Crippen molar-refractivity contribution in [1.29, 1.82) is 0 Å². The van der Waals surface area contributed by atoms with Crippen LogP contribution in [0, 0.1) is 0 Å². The molecule has 9 heteroatoms. The van der Waals surface area contributed by atoms with Gasteiger partial charge >= 0.3 is 6.18 Å². The van der Waals surface area contributed by atoms with Gasteiger partial charge in [-0.1, -0.05) is 0 Å². The lowest BCUT2D eigenvalue weighted by atomic mass is 10.1. The van der Waals surface area contributed by atoms with Crippen LogP contribution < -0.4 is 15.0 Å². The van der Waals surface area contributed by atoms with Crippen LogP contribution in [0.25, 0.3) is 0 Å². The van der Waals surface area contributed by atoms with Gasteiger partial charge in [-0.2, -0.15) is 13.2 Å². The molecule has 144 valence electrons. The number of halogens is 3. The number of aromatic nitrogens is 1. The van der Waals surface area contributed by atoms with E-state index < -0.39 is 17.6 Å². The SMILES string of the molecule is COc1ccc(C(=O)Nc2ccc(N3CCOCC3)cc2C(F)(F)F)cn1. The Morgan fingerprint density at radius 1 is 1.22 bits per heavy atom. The van der Waals surface area contributed by atoms with Crippen molar-refractivity contribution in [2.45, 2.75) is 6.18 Å². The normalized spacial score (nSPS) is 14.7. The summed E-state index contributed by atoms with van der Waals surface area (Å²) in [6.45, 7) is 1.95. The number of anilines is 2. The highest BCUT2D eigenvalue weighted by molar-refractivity contribution is 6.04. The molecular formula is C18H18F3N3O3. The zero-order valence-corrected chi connectivity index (χ0v) is 14.5. The first-order valence-corrected chi connectivity index (χ1v) is 8.24. The number of morpholine rings is 1. The molecule has 1 aromatic heterocycles. The molecule has 0 unspecified atom stereocenters. The minimum atomic E-state index is -4.61. The average molecular weight is 381 g/mol. The van der Waals surface area contributed by atoms with Crippen molar-refractivity contribution < 1.29 is 27.4 Å². The highest BCUT2D eigenvalue weighted by atomic mass is 19.4. The number of rotatable bonds is 4. The third kappa shape index (κ3) is 4.48. The molecule has 0 saturated carbocycles. The second-order valence-electron chi connectivity index (χ2n) is 5.87. The van der Waals surface area contributed by atoms with E-state index in [0.717, 1.165) is 6.07 Å². The molecule has 1 N–H and O–H groups in total. The van der Waals surface area contributed by atoms with Crippen LogP contribution in [0.1, 0.15) is 15.9 Å². The molecule has 27 heavy (non-hydrogen) atoms. The van der Waals surface area contributed by atoms with Crippen molar-refractivity contribution in [1.82, 2.24) is 4.98 Å². The zero-order chi connectivity index (χ0) is 19.4. The fourth-order valence-corrected chi connectivity index (χ4v) is 2.72. The van der Waals surface area contributed by atoms with Crippen LogP contribution in [0.15, 0.2) is 36.5 Å². The van der Waals surface area contributed by atoms with E-state index in [9.17, 15) is 18.0 Å². The number of amides is 1. The van der Waals surface area contributed by atoms with E-state index in [0.29, 0.717) is 37.9 Å². The number of nitrogens with one attached hydrogen (secondary N) is 1. The molecule has 0 aliphatic carbocycles. The van der Waals surface area contributed by atoms with Crippen LogP contribution in [-0.4, -0.2) is 44.3 Å². The van der Waals surface area contributed by atoms with E-state index in [4.69, 9.17) is 9.47 Å². The molecule has 1 aliphatic heterocycles. The van der Waals surface area contributed by atoms with Gasteiger partial charge in [0, 0.05) is 31.0 Å². The van der Waals surface area contributed by atoms with Gasteiger partial charge in [0.25, 0.3) is 5.91 Å². The molecule has 2 heterocycles. The highest BCUT2D eigenvalue weighted by Crippen LogP contribution is 2.37. The second-order valence-corrected chi connectivity index (χ2v) is 5.87. The Morgan fingerprint density at radius 2 is 1.96 bits per heavy atom. The minimum Gasteiger partial charge on any atom is -0.481 e. The maximum atomic E-state index is 13.5. The van der Waals surface area contributed by atoms with E-state index in [1.54, 1.807) is 6.07 Å². The maximum absolute atomic E-state index is 13.5. The van der Waals surface area contributed by atoms with E-state index in [1.165, 1.54) is 31.5 Å². The monoisotopic (exact) mass is 381 g/mol. The Balaban J connectivity index is 1.85. The number of carbonyl (C=O) groups is 1. The van der Waals surface area contributed by atoms with Crippen LogP contribution in [0.2, 0.25) is 0 Å². The minimum absolute atomic E-state index is 0.126. The summed E-state index contributed by atoms with van der Waals surface area (Å²) in [4.78, 5) is 18.0. The summed E-state index contributed by atoms with van der Waals surface area (Å²) in [7, 11) is 1.42. The number of alkyl halides is 3. The van der Waals surface area contributed by atoms with Crippen molar-refractivity contribution in [2.75, 3.05) is 43.6 Å². The summed E-state index contributed by atoms with van der Waals surface area (Å²) in [5.41, 5.74) is -0.641. The Labute approximate surface area is 153 Å². The summed E-state index contributed by atoms with van der Waals surface area (Å²) in [5.74, 6) is -0.382. The largest absolute Gasteiger partial charge is 0.481 e. The van der Waals surface area contributed by atoms with Crippen LogP contribution >= 0.6 is 0 Å². The lowest BCUT2D eigenvalue weighted by molar-refractivity contribution is -0.136. The standard InChI is InChI=1S/C18H18F3N3O3/c1-26-16-5-2-12(11-22-16)17(25)23-15-4-3-13(10-14(15)18(19,20)21)24-6-8-27-9-7-24/h2-5,10-11H,6-9H2,1H3,(H,23,25). The summed E-state index contributed by atoms with van der Waals surface area (Å²) >= 11 is 0. The van der Waals surface area contributed by atoms with E-state index in [2.05, 4.69) is 10.3 Å². The van der Waals surface area contributed by atoms with Crippen molar-refractivity contribution >= 4 is 17.3 Å². The average Bonchev–Trinajstić information content (AvgIpc) is 2.68. The third-order valence-electron chi connectivity index (χ3n) is 4.14. The molecule has 1 amide bonds. The molecule has 1 aromatic carbocycles. The van der Waals surface area contributed by atoms with Crippen molar-refractivity contribution in [3.8, 4) is 5.88 Å². The second kappa shape index (κ2) is 7.83. The number of ether oxygens (including phenoxy) is 2. The van der Waals surface area contributed by atoms with Gasteiger partial charge in [-0.15, -0.1) is 0 Å². The van der Waals surface area contributed by atoms with Crippen molar-refractivity contribution in [2.24, 2.45) is 0 Å². The number of methoxy groups -OCH3 is 1. The Kier molecular flexibility index (Phi) is 5.50. The van der Waals surface area contributed by atoms with Gasteiger partial charge in [0.2, 0.25) is 5.88 Å². The van der Waals surface area contributed by atoms with Crippen molar-refractivity contribution in [3.63, 3.8) is 0 Å². The van der Waals surface area contributed by atoms with Gasteiger partial charge in [0.05, 0.1) is 37.1 Å². The van der Waals surface area contributed by atoms with Crippen molar-refractivity contribution in [3.05, 3.63) is 47.7 Å².